The van der Waals surface area contributed by atoms with Crippen molar-refractivity contribution in [3.8, 4) is 17.2 Å². The Kier molecular flexibility index (Phi) is 4.01. The molecule has 0 bridgehead atoms. The average molecular weight is 300 g/mol. The molecule has 0 N–H and O–H groups in total. The van der Waals surface area contributed by atoms with Crippen molar-refractivity contribution in [2.75, 3.05) is 7.11 Å². The molecule has 0 aliphatic heterocycles. The average Bonchev–Trinajstić information content (AvgIpc) is 3.20. The summed E-state index contributed by atoms with van der Waals surface area (Å²) in [5.41, 5.74) is 2.13. The first-order valence-corrected chi connectivity index (χ1v) is 7.76. The quantitative estimate of drug-likeness (QED) is 0.703. The summed E-state index contributed by atoms with van der Waals surface area (Å²) in [5, 5.41) is 12.6. The first-order valence-electron chi connectivity index (χ1n) is 6.81. The van der Waals surface area contributed by atoms with Crippen molar-refractivity contribution in [3.63, 3.8) is 0 Å². The predicted molar refractivity (Wildman–Crippen MR) is 82.7 cm³/mol. The number of nitrogens with zero attached hydrogens (tertiary/aromatic N) is 2. The minimum Gasteiger partial charge on any atom is -0.497 e. The number of hydrogen-bond acceptors (Lipinski definition) is 5. The van der Waals surface area contributed by atoms with Gasteiger partial charge in [0.25, 0.3) is 0 Å². The van der Waals surface area contributed by atoms with Crippen LogP contribution in [0.15, 0.2) is 45.5 Å². The van der Waals surface area contributed by atoms with E-state index in [1.165, 1.54) is 5.56 Å². The van der Waals surface area contributed by atoms with Crippen LogP contribution < -0.4 is 4.74 Å². The lowest BCUT2D eigenvalue weighted by atomic mass is 10.00. The fourth-order valence-corrected chi connectivity index (χ4v) is 2.97. The van der Waals surface area contributed by atoms with E-state index in [9.17, 15) is 0 Å². The smallest absolute Gasteiger partial charge is 0.247 e. The molecule has 0 saturated heterocycles. The highest BCUT2D eigenvalue weighted by atomic mass is 32.1. The zero-order chi connectivity index (χ0) is 14.7. The predicted octanol–water partition coefficient (Wildman–Crippen LogP) is 4.35. The van der Waals surface area contributed by atoms with Crippen molar-refractivity contribution >= 4 is 11.3 Å². The third kappa shape index (κ3) is 2.83. The van der Waals surface area contributed by atoms with Gasteiger partial charge in [-0.2, -0.15) is 11.3 Å². The Labute approximate surface area is 127 Å². The standard InChI is InChI=1S/C16H16N2O2S/c1-3-14(12-8-9-21-10-12)16-18-17-15(20-16)11-4-6-13(19-2)7-5-11/h4-10,14H,3H2,1-2H3/t14-/m1/s1. The molecule has 21 heavy (non-hydrogen) atoms. The van der Waals surface area contributed by atoms with Gasteiger partial charge in [0.1, 0.15) is 5.75 Å². The van der Waals surface area contributed by atoms with Crippen molar-refractivity contribution in [1.29, 1.82) is 0 Å². The molecule has 0 spiro atoms. The number of aromatic nitrogens is 2. The fraction of sp³-hybridized carbons (Fsp3) is 0.250. The van der Waals surface area contributed by atoms with Crippen LogP contribution in [0.25, 0.3) is 11.5 Å². The minimum atomic E-state index is 0.163. The molecule has 3 rings (SSSR count). The molecule has 2 heterocycles. The number of methoxy groups -OCH3 is 1. The number of thiophene rings is 1. The van der Waals surface area contributed by atoms with Gasteiger partial charge >= 0.3 is 0 Å². The molecule has 0 aliphatic rings. The van der Waals surface area contributed by atoms with Gasteiger partial charge in [0.05, 0.1) is 13.0 Å². The molecular weight excluding hydrogens is 284 g/mol. The minimum absolute atomic E-state index is 0.163. The van der Waals surface area contributed by atoms with Crippen LogP contribution in [-0.4, -0.2) is 17.3 Å². The lowest BCUT2D eigenvalue weighted by Gasteiger charge is -2.07. The Morgan fingerprint density at radius 1 is 1.19 bits per heavy atom. The molecule has 3 aromatic rings. The van der Waals surface area contributed by atoms with Gasteiger partial charge < -0.3 is 9.15 Å². The third-order valence-electron chi connectivity index (χ3n) is 3.43. The van der Waals surface area contributed by atoms with Crippen LogP contribution in [-0.2, 0) is 0 Å². The van der Waals surface area contributed by atoms with Crippen LogP contribution >= 0.6 is 11.3 Å². The molecule has 0 saturated carbocycles. The van der Waals surface area contributed by atoms with Gasteiger partial charge in [-0.05, 0) is 53.1 Å². The van der Waals surface area contributed by atoms with E-state index >= 15 is 0 Å². The van der Waals surface area contributed by atoms with Gasteiger partial charge in [0.15, 0.2) is 0 Å². The monoisotopic (exact) mass is 300 g/mol. The molecule has 2 aromatic heterocycles. The van der Waals surface area contributed by atoms with E-state index in [0.717, 1.165) is 17.7 Å². The van der Waals surface area contributed by atoms with Crippen LogP contribution in [0.2, 0.25) is 0 Å². The Balaban J connectivity index is 1.88. The van der Waals surface area contributed by atoms with E-state index in [1.807, 2.05) is 24.3 Å². The van der Waals surface area contributed by atoms with Gasteiger partial charge in [0, 0.05) is 5.56 Å². The van der Waals surface area contributed by atoms with E-state index < -0.39 is 0 Å². The molecular formula is C16H16N2O2S. The molecule has 0 unspecified atom stereocenters. The number of hydrogen-bond donors (Lipinski definition) is 0. The van der Waals surface area contributed by atoms with E-state index in [2.05, 4.69) is 33.9 Å². The zero-order valence-corrected chi connectivity index (χ0v) is 12.8. The van der Waals surface area contributed by atoms with E-state index in [-0.39, 0.29) is 5.92 Å². The molecule has 4 nitrogen and oxygen atoms in total. The van der Waals surface area contributed by atoms with Gasteiger partial charge in [-0.15, -0.1) is 10.2 Å². The van der Waals surface area contributed by atoms with Crippen LogP contribution in [0, 0.1) is 0 Å². The van der Waals surface area contributed by atoms with Gasteiger partial charge in [0.2, 0.25) is 11.8 Å². The largest absolute Gasteiger partial charge is 0.497 e. The number of ether oxygens (including phenoxy) is 1. The molecule has 5 heteroatoms. The van der Waals surface area contributed by atoms with Crippen molar-refractivity contribution in [2.24, 2.45) is 0 Å². The summed E-state index contributed by atoms with van der Waals surface area (Å²) in [4.78, 5) is 0. The Morgan fingerprint density at radius 2 is 2.00 bits per heavy atom. The highest BCUT2D eigenvalue weighted by molar-refractivity contribution is 7.08. The van der Waals surface area contributed by atoms with Crippen LogP contribution in [0.3, 0.4) is 0 Å². The molecule has 1 aromatic carbocycles. The first-order chi connectivity index (χ1) is 10.3. The third-order valence-corrected chi connectivity index (χ3v) is 4.13. The van der Waals surface area contributed by atoms with Crippen molar-refractivity contribution < 1.29 is 9.15 Å². The SMILES string of the molecule is CC[C@H](c1ccsc1)c1nnc(-c2ccc(OC)cc2)o1. The van der Waals surface area contributed by atoms with Crippen LogP contribution in [0.1, 0.15) is 30.7 Å². The van der Waals surface area contributed by atoms with Gasteiger partial charge in [-0.25, -0.2) is 0 Å². The summed E-state index contributed by atoms with van der Waals surface area (Å²) < 4.78 is 11.0. The summed E-state index contributed by atoms with van der Waals surface area (Å²) in [5.74, 6) is 2.18. The van der Waals surface area contributed by atoms with Crippen LogP contribution in [0.5, 0.6) is 5.75 Å². The lowest BCUT2D eigenvalue weighted by molar-refractivity contribution is 0.415. The molecule has 0 radical (unpaired) electrons. The fourth-order valence-electron chi connectivity index (χ4n) is 2.25. The summed E-state index contributed by atoms with van der Waals surface area (Å²) in [7, 11) is 1.65. The van der Waals surface area contributed by atoms with Crippen molar-refractivity contribution in [1.82, 2.24) is 10.2 Å². The highest BCUT2D eigenvalue weighted by Gasteiger charge is 2.20. The van der Waals surface area contributed by atoms with Crippen molar-refractivity contribution in [2.45, 2.75) is 19.3 Å². The van der Waals surface area contributed by atoms with Gasteiger partial charge in [-0.3, -0.25) is 0 Å². The molecule has 0 aliphatic carbocycles. The molecule has 1 atom stereocenters. The maximum atomic E-state index is 5.86. The van der Waals surface area contributed by atoms with E-state index in [1.54, 1.807) is 18.4 Å². The number of benzene rings is 1. The first kappa shape index (κ1) is 13.8. The molecule has 0 amide bonds. The Morgan fingerprint density at radius 3 is 2.62 bits per heavy atom. The second kappa shape index (κ2) is 6.10. The molecule has 108 valence electrons. The van der Waals surface area contributed by atoms with E-state index in [4.69, 9.17) is 9.15 Å². The summed E-state index contributed by atoms with van der Waals surface area (Å²) >= 11 is 1.68. The Hall–Kier alpha value is -2.14. The summed E-state index contributed by atoms with van der Waals surface area (Å²) in [6.45, 7) is 2.12. The van der Waals surface area contributed by atoms with E-state index in [0.29, 0.717) is 11.8 Å². The summed E-state index contributed by atoms with van der Waals surface area (Å²) in [6, 6.07) is 9.71. The van der Waals surface area contributed by atoms with Crippen molar-refractivity contribution in [3.05, 3.63) is 52.5 Å². The summed E-state index contributed by atoms with van der Waals surface area (Å²) in [6.07, 6.45) is 0.932. The number of rotatable bonds is 5. The lowest BCUT2D eigenvalue weighted by Crippen LogP contribution is -1.98. The zero-order valence-electron chi connectivity index (χ0n) is 11.9. The highest BCUT2D eigenvalue weighted by Crippen LogP contribution is 2.30. The maximum absolute atomic E-state index is 5.86. The van der Waals surface area contributed by atoms with Crippen LogP contribution in [0.4, 0.5) is 0 Å². The normalized spacial score (nSPS) is 12.3. The maximum Gasteiger partial charge on any atom is 0.247 e. The molecule has 0 fully saturated rings. The van der Waals surface area contributed by atoms with Gasteiger partial charge in [-0.1, -0.05) is 6.92 Å². The Bertz CT molecular complexity index is 689. The second-order valence-electron chi connectivity index (χ2n) is 4.69. The second-order valence-corrected chi connectivity index (χ2v) is 5.47. The topological polar surface area (TPSA) is 48.2 Å².